The van der Waals surface area contributed by atoms with Gasteiger partial charge >= 0.3 is 6.18 Å². The molecule has 6 heteroatoms. The third kappa shape index (κ3) is 1.93. The molecule has 0 saturated carbocycles. The summed E-state index contributed by atoms with van der Waals surface area (Å²) in [6.45, 7) is 1.83. The number of aryl methyl sites for hydroxylation is 1. The van der Waals surface area contributed by atoms with E-state index in [1.807, 2.05) is 6.92 Å². The maximum absolute atomic E-state index is 12.7. The van der Waals surface area contributed by atoms with Gasteiger partial charge in [0.05, 0.1) is 11.1 Å². The van der Waals surface area contributed by atoms with Crippen molar-refractivity contribution in [3.05, 3.63) is 28.0 Å². The molecule has 2 aromatic rings. The van der Waals surface area contributed by atoms with E-state index in [0.29, 0.717) is 22.2 Å². The summed E-state index contributed by atoms with van der Waals surface area (Å²) in [5.41, 5.74) is -0.334. The topological polar surface area (TPSA) is 28.7 Å². The molecule has 86 valence electrons. The number of alkyl halides is 3. The maximum Gasteiger partial charge on any atom is 0.418 e. The Morgan fingerprint density at radius 3 is 2.62 bits per heavy atom. The molecule has 16 heavy (non-hydrogen) atoms. The molecule has 0 aliphatic rings. The summed E-state index contributed by atoms with van der Waals surface area (Å²) >= 11 is 3.06. The number of H-pyrrole nitrogens is 1. The number of benzene rings is 1. The SMILES string of the molecule is CCc1nc2c(C(F)(F)F)cc(Br)cc2[nH]1. The Morgan fingerprint density at radius 1 is 1.38 bits per heavy atom. The van der Waals surface area contributed by atoms with E-state index in [4.69, 9.17) is 0 Å². The molecule has 0 spiro atoms. The molecule has 1 aromatic heterocycles. The second kappa shape index (κ2) is 3.76. The molecule has 0 fully saturated rings. The maximum atomic E-state index is 12.7. The van der Waals surface area contributed by atoms with Crippen LogP contribution in [0.25, 0.3) is 11.0 Å². The van der Waals surface area contributed by atoms with Gasteiger partial charge in [0.2, 0.25) is 0 Å². The van der Waals surface area contributed by atoms with Crippen LogP contribution in [0.5, 0.6) is 0 Å². The highest BCUT2D eigenvalue weighted by Gasteiger charge is 2.34. The van der Waals surface area contributed by atoms with Crippen LogP contribution < -0.4 is 0 Å². The molecule has 0 atom stereocenters. The van der Waals surface area contributed by atoms with Crippen LogP contribution in [0.4, 0.5) is 13.2 Å². The largest absolute Gasteiger partial charge is 0.418 e. The first kappa shape index (κ1) is 11.4. The minimum absolute atomic E-state index is 0.0208. The molecular weight excluding hydrogens is 285 g/mol. The highest BCUT2D eigenvalue weighted by atomic mass is 79.9. The summed E-state index contributed by atoms with van der Waals surface area (Å²) in [6, 6.07) is 2.64. The van der Waals surface area contributed by atoms with E-state index in [1.165, 1.54) is 0 Å². The molecule has 2 nitrogen and oxygen atoms in total. The number of nitrogens with zero attached hydrogens (tertiary/aromatic N) is 1. The smallest absolute Gasteiger partial charge is 0.342 e. The predicted molar refractivity (Wildman–Crippen MR) is 58.2 cm³/mol. The van der Waals surface area contributed by atoms with E-state index < -0.39 is 11.7 Å². The van der Waals surface area contributed by atoms with Crippen molar-refractivity contribution in [3.63, 3.8) is 0 Å². The Morgan fingerprint density at radius 2 is 2.06 bits per heavy atom. The first-order chi connectivity index (χ1) is 7.41. The first-order valence-electron chi connectivity index (χ1n) is 4.67. The molecule has 1 N–H and O–H groups in total. The number of imidazole rings is 1. The first-order valence-corrected chi connectivity index (χ1v) is 5.46. The van der Waals surface area contributed by atoms with Crippen molar-refractivity contribution in [2.75, 3.05) is 0 Å². The molecule has 0 radical (unpaired) electrons. The number of hydrogen-bond acceptors (Lipinski definition) is 1. The molecule has 2 rings (SSSR count). The summed E-state index contributed by atoms with van der Waals surface area (Å²) in [5, 5.41) is 0. The van der Waals surface area contributed by atoms with Gasteiger partial charge in [0.15, 0.2) is 0 Å². The van der Waals surface area contributed by atoms with Gasteiger partial charge in [-0.15, -0.1) is 0 Å². The summed E-state index contributed by atoms with van der Waals surface area (Å²) in [7, 11) is 0. The summed E-state index contributed by atoms with van der Waals surface area (Å²) < 4.78 is 38.6. The van der Waals surface area contributed by atoms with Crippen LogP contribution in [-0.4, -0.2) is 9.97 Å². The van der Waals surface area contributed by atoms with Crippen LogP contribution in [-0.2, 0) is 12.6 Å². The number of halogens is 4. The third-order valence-corrected chi connectivity index (χ3v) is 2.70. The minimum Gasteiger partial charge on any atom is -0.342 e. The zero-order chi connectivity index (χ0) is 11.9. The molecule has 1 aromatic carbocycles. The monoisotopic (exact) mass is 292 g/mol. The Balaban J connectivity index is 2.76. The average Bonchev–Trinajstić information content (AvgIpc) is 2.57. The summed E-state index contributed by atoms with van der Waals surface area (Å²) in [5.74, 6) is 0.554. The van der Waals surface area contributed by atoms with Crippen molar-refractivity contribution in [1.82, 2.24) is 9.97 Å². The molecule has 0 amide bonds. The van der Waals surface area contributed by atoms with Crippen molar-refractivity contribution in [1.29, 1.82) is 0 Å². The number of hydrogen-bond donors (Lipinski definition) is 1. The molecule has 0 unspecified atom stereocenters. The number of fused-ring (bicyclic) bond motifs is 1. The van der Waals surface area contributed by atoms with Crippen LogP contribution in [0.15, 0.2) is 16.6 Å². The number of aromatic amines is 1. The molecule has 0 aliphatic heterocycles. The second-order valence-electron chi connectivity index (χ2n) is 3.38. The second-order valence-corrected chi connectivity index (χ2v) is 4.30. The normalized spacial score (nSPS) is 12.3. The zero-order valence-electron chi connectivity index (χ0n) is 8.32. The molecule has 1 heterocycles. The Kier molecular flexibility index (Phi) is 2.69. The molecule has 0 aliphatic carbocycles. The number of rotatable bonds is 1. The zero-order valence-corrected chi connectivity index (χ0v) is 9.91. The fourth-order valence-corrected chi connectivity index (χ4v) is 1.97. The summed E-state index contributed by atoms with van der Waals surface area (Å²) in [6.07, 6.45) is -3.81. The van der Waals surface area contributed by atoms with Gasteiger partial charge in [0.25, 0.3) is 0 Å². The lowest BCUT2D eigenvalue weighted by molar-refractivity contribution is -0.136. The van der Waals surface area contributed by atoms with Gasteiger partial charge < -0.3 is 4.98 Å². The molecule has 0 saturated heterocycles. The van der Waals surface area contributed by atoms with Crippen LogP contribution in [0, 0.1) is 0 Å². The van der Waals surface area contributed by atoms with E-state index >= 15 is 0 Å². The van der Waals surface area contributed by atoms with Crippen molar-refractivity contribution in [2.24, 2.45) is 0 Å². The van der Waals surface area contributed by atoms with Crippen molar-refractivity contribution >= 4 is 27.0 Å². The van der Waals surface area contributed by atoms with Crippen molar-refractivity contribution in [2.45, 2.75) is 19.5 Å². The van der Waals surface area contributed by atoms with Crippen molar-refractivity contribution < 1.29 is 13.2 Å². The van der Waals surface area contributed by atoms with Crippen LogP contribution in [0.2, 0.25) is 0 Å². The van der Waals surface area contributed by atoms with Gasteiger partial charge in [-0.1, -0.05) is 22.9 Å². The van der Waals surface area contributed by atoms with Gasteiger partial charge in [-0.2, -0.15) is 13.2 Å². The van der Waals surface area contributed by atoms with Gasteiger partial charge in [-0.3, -0.25) is 0 Å². The quantitative estimate of drug-likeness (QED) is 0.848. The molecular formula is C10H8BrF3N2. The minimum atomic E-state index is -4.39. The lowest BCUT2D eigenvalue weighted by atomic mass is 10.2. The highest BCUT2D eigenvalue weighted by molar-refractivity contribution is 9.10. The van der Waals surface area contributed by atoms with Gasteiger partial charge in [-0.05, 0) is 12.1 Å². The Bertz CT molecular complexity index is 531. The van der Waals surface area contributed by atoms with Gasteiger partial charge in [-0.25, -0.2) is 4.98 Å². The fraction of sp³-hybridized carbons (Fsp3) is 0.300. The van der Waals surface area contributed by atoms with Crippen LogP contribution in [0.3, 0.4) is 0 Å². The van der Waals surface area contributed by atoms with E-state index in [-0.39, 0.29) is 5.52 Å². The van der Waals surface area contributed by atoms with Crippen LogP contribution in [0.1, 0.15) is 18.3 Å². The van der Waals surface area contributed by atoms with Gasteiger partial charge in [0, 0.05) is 10.9 Å². The number of nitrogens with one attached hydrogen (secondary N) is 1. The summed E-state index contributed by atoms with van der Waals surface area (Å²) in [4.78, 5) is 6.80. The third-order valence-electron chi connectivity index (χ3n) is 2.24. The fourth-order valence-electron chi connectivity index (χ4n) is 1.52. The lowest BCUT2D eigenvalue weighted by Crippen LogP contribution is -2.05. The van der Waals surface area contributed by atoms with E-state index in [9.17, 15) is 13.2 Å². The predicted octanol–water partition coefficient (Wildman–Crippen LogP) is 3.91. The highest BCUT2D eigenvalue weighted by Crippen LogP contribution is 2.36. The molecule has 0 bridgehead atoms. The van der Waals surface area contributed by atoms with Crippen LogP contribution >= 0.6 is 15.9 Å². The van der Waals surface area contributed by atoms with E-state index in [2.05, 4.69) is 25.9 Å². The number of aromatic nitrogens is 2. The van der Waals surface area contributed by atoms with Crippen molar-refractivity contribution in [3.8, 4) is 0 Å². The van der Waals surface area contributed by atoms with E-state index in [1.54, 1.807) is 6.07 Å². The Hall–Kier alpha value is -1.04. The lowest BCUT2D eigenvalue weighted by Gasteiger charge is -2.07. The van der Waals surface area contributed by atoms with E-state index in [0.717, 1.165) is 6.07 Å². The van der Waals surface area contributed by atoms with Gasteiger partial charge in [0.1, 0.15) is 11.3 Å². The Labute approximate surface area is 98.0 Å². The standard InChI is InChI=1S/C10H8BrF3N2/c1-2-8-15-7-4-5(11)3-6(9(7)16-8)10(12,13)14/h3-4H,2H2,1H3,(H,15,16). The average molecular weight is 293 g/mol.